The third-order valence-electron chi connectivity index (χ3n) is 3.35. The number of hydrogen-bond acceptors (Lipinski definition) is 6. The Kier molecular flexibility index (Phi) is 4.64. The van der Waals surface area contributed by atoms with Crippen molar-refractivity contribution in [2.45, 2.75) is 13.3 Å². The van der Waals surface area contributed by atoms with Crippen LogP contribution in [0.2, 0.25) is 0 Å². The van der Waals surface area contributed by atoms with Gasteiger partial charge in [-0.1, -0.05) is 6.92 Å². The maximum atomic E-state index is 5.66. The van der Waals surface area contributed by atoms with Crippen molar-refractivity contribution in [3.8, 4) is 22.9 Å². The van der Waals surface area contributed by atoms with Gasteiger partial charge in [-0.25, -0.2) is 0 Å². The van der Waals surface area contributed by atoms with Gasteiger partial charge in [-0.15, -0.1) is 5.10 Å². The number of rotatable bonds is 7. The molecule has 3 rings (SSSR count). The van der Waals surface area contributed by atoms with Crippen molar-refractivity contribution in [1.82, 2.24) is 25.0 Å². The first-order valence-corrected chi connectivity index (χ1v) is 7.69. The number of aryl methyl sites for hydroxylation is 1. The molecule has 0 atom stereocenters. The molecule has 0 aliphatic heterocycles. The predicted molar refractivity (Wildman–Crippen MR) is 90.6 cm³/mol. The summed E-state index contributed by atoms with van der Waals surface area (Å²) in [5.74, 6) is 2.50. The van der Waals surface area contributed by atoms with Crippen LogP contribution in [0.1, 0.15) is 13.3 Å². The molecule has 2 N–H and O–H groups in total. The van der Waals surface area contributed by atoms with Crippen LogP contribution in [0.25, 0.3) is 11.4 Å². The van der Waals surface area contributed by atoms with Gasteiger partial charge in [0, 0.05) is 18.8 Å². The lowest BCUT2D eigenvalue weighted by atomic mass is 10.2. The average Bonchev–Trinajstić information content (AvgIpc) is 3.22. The molecule has 0 aliphatic carbocycles. The molecular weight excluding hydrogens is 308 g/mol. The lowest BCUT2D eigenvalue weighted by Gasteiger charge is -2.10. The van der Waals surface area contributed by atoms with Gasteiger partial charge in [-0.2, -0.15) is 10.1 Å². The molecule has 0 unspecified atom stereocenters. The predicted octanol–water partition coefficient (Wildman–Crippen LogP) is 2.75. The number of benzene rings is 1. The summed E-state index contributed by atoms with van der Waals surface area (Å²) in [4.78, 5) is 4.44. The second-order valence-corrected chi connectivity index (χ2v) is 5.25. The van der Waals surface area contributed by atoms with E-state index in [1.165, 1.54) is 0 Å². The van der Waals surface area contributed by atoms with Crippen LogP contribution in [0.3, 0.4) is 0 Å². The Morgan fingerprint density at radius 3 is 2.88 bits per heavy atom. The number of ether oxygens (including phenoxy) is 2. The normalized spacial score (nSPS) is 10.6. The van der Waals surface area contributed by atoms with Crippen molar-refractivity contribution in [3.05, 3.63) is 30.6 Å². The van der Waals surface area contributed by atoms with E-state index in [9.17, 15) is 0 Å². The van der Waals surface area contributed by atoms with Crippen molar-refractivity contribution in [2.75, 3.05) is 19.0 Å². The van der Waals surface area contributed by atoms with Crippen LogP contribution in [0.4, 0.5) is 11.6 Å². The molecule has 0 saturated heterocycles. The zero-order valence-corrected chi connectivity index (χ0v) is 13.9. The summed E-state index contributed by atoms with van der Waals surface area (Å²) in [6, 6.07) is 5.67. The van der Waals surface area contributed by atoms with E-state index in [4.69, 9.17) is 9.47 Å². The van der Waals surface area contributed by atoms with Gasteiger partial charge >= 0.3 is 0 Å². The second kappa shape index (κ2) is 7.03. The lowest BCUT2D eigenvalue weighted by molar-refractivity contribution is 0.294. The fourth-order valence-electron chi connectivity index (χ4n) is 2.21. The highest BCUT2D eigenvalue weighted by Crippen LogP contribution is 2.31. The smallest absolute Gasteiger partial charge is 0.246 e. The molecule has 8 heteroatoms. The minimum atomic E-state index is 0.475. The molecule has 3 aromatic rings. The van der Waals surface area contributed by atoms with Crippen molar-refractivity contribution in [2.24, 2.45) is 7.05 Å². The summed E-state index contributed by atoms with van der Waals surface area (Å²) in [6.07, 6.45) is 4.49. The zero-order valence-electron chi connectivity index (χ0n) is 13.9. The molecule has 0 aliphatic rings. The molecule has 2 aromatic heterocycles. The maximum absolute atomic E-state index is 5.66. The number of hydrogen-bond donors (Lipinski definition) is 2. The Bertz CT molecular complexity index is 811. The van der Waals surface area contributed by atoms with Gasteiger partial charge in [0.05, 0.1) is 25.6 Å². The highest BCUT2D eigenvalue weighted by molar-refractivity contribution is 5.63. The molecular formula is C16H20N6O2. The summed E-state index contributed by atoms with van der Waals surface area (Å²) in [6.45, 7) is 2.71. The van der Waals surface area contributed by atoms with Gasteiger partial charge in [0.25, 0.3) is 0 Å². The quantitative estimate of drug-likeness (QED) is 0.693. The first-order chi connectivity index (χ1) is 11.7. The molecule has 0 saturated carbocycles. The van der Waals surface area contributed by atoms with Crippen molar-refractivity contribution in [3.63, 3.8) is 0 Å². The van der Waals surface area contributed by atoms with Crippen LogP contribution in [0.15, 0.2) is 30.6 Å². The number of aromatic amines is 1. The summed E-state index contributed by atoms with van der Waals surface area (Å²) < 4.78 is 12.8. The first-order valence-electron chi connectivity index (χ1n) is 7.69. The topological polar surface area (TPSA) is 89.9 Å². The lowest BCUT2D eigenvalue weighted by Crippen LogP contribution is -1.98. The summed E-state index contributed by atoms with van der Waals surface area (Å²) >= 11 is 0. The minimum absolute atomic E-state index is 0.475. The molecule has 0 radical (unpaired) electrons. The Morgan fingerprint density at radius 1 is 1.29 bits per heavy atom. The van der Waals surface area contributed by atoms with Crippen LogP contribution in [-0.2, 0) is 7.05 Å². The molecule has 24 heavy (non-hydrogen) atoms. The largest absolute Gasteiger partial charge is 0.493 e. The number of nitrogens with one attached hydrogen (secondary N) is 2. The highest BCUT2D eigenvalue weighted by Gasteiger charge is 2.11. The Balaban J connectivity index is 1.79. The Hall–Kier alpha value is -3.03. The summed E-state index contributed by atoms with van der Waals surface area (Å²) in [5, 5.41) is 14.3. The monoisotopic (exact) mass is 328 g/mol. The molecule has 126 valence electrons. The Morgan fingerprint density at radius 2 is 2.17 bits per heavy atom. The van der Waals surface area contributed by atoms with Crippen molar-refractivity contribution in [1.29, 1.82) is 0 Å². The summed E-state index contributed by atoms with van der Waals surface area (Å²) in [5.41, 5.74) is 1.69. The number of anilines is 2. The van der Waals surface area contributed by atoms with E-state index >= 15 is 0 Å². The molecule has 1 aromatic carbocycles. The van der Waals surface area contributed by atoms with Crippen LogP contribution in [-0.4, -0.2) is 38.7 Å². The number of nitrogens with zero attached hydrogens (tertiary/aromatic N) is 4. The standard InChI is InChI=1S/C16H20N6O2/c1-4-7-24-13-6-5-11(8-14(13)23-3)15-19-16(21-20-15)18-12-9-17-22(2)10-12/h5-6,8-10H,4,7H2,1-3H3,(H2,18,19,20,21). The fraction of sp³-hybridized carbons (Fsp3) is 0.312. The molecule has 8 nitrogen and oxygen atoms in total. The molecule has 0 amide bonds. The average molecular weight is 328 g/mol. The maximum Gasteiger partial charge on any atom is 0.246 e. The minimum Gasteiger partial charge on any atom is -0.493 e. The molecule has 0 bridgehead atoms. The third kappa shape index (κ3) is 3.48. The number of aromatic nitrogens is 5. The van der Waals surface area contributed by atoms with Gasteiger partial charge < -0.3 is 14.8 Å². The van der Waals surface area contributed by atoms with Gasteiger partial charge in [-0.05, 0) is 24.6 Å². The van der Waals surface area contributed by atoms with Gasteiger partial charge in [0.2, 0.25) is 5.95 Å². The van der Waals surface area contributed by atoms with Crippen LogP contribution >= 0.6 is 0 Å². The summed E-state index contributed by atoms with van der Waals surface area (Å²) in [7, 11) is 3.47. The van der Waals surface area contributed by atoms with Crippen molar-refractivity contribution < 1.29 is 9.47 Å². The molecule has 2 heterocycles. The van der Waals surface area contributed by atoms with Crippen LogP contribution in [0, 0.1) is 0 Å². The van der Waals surface area contributed by atoms with Crippen LogP contribution < -0.4 is 14.8 Å². The molecule has 0 fully saturated rings. The zero-order chi connectivity index (χ0) is 16.9. The first kappa shape index (κ1) is 15.9. The van der Waals surface area contributed by atoms with E-state index in [1.54, 1.807) is 18.0 Å². The SMILES string of the molecule is CCCOc1ccc(-c2nc(Nc3cnn(C)c3)n[nH]2)cc1OC. The number of H-pyrrole nitrogens is 1. The van der Waals surface area contributed by atoms with Gasteiger partial charge in [-0.3, -0.25) is 9.78 Å². The van der Waals surface area contributed by atoms with E-state index in [2.05, 4.69) is 32.5 Å². The molecule has 0 spiro atoms. The van der Waals surface area contributed by atoms with Crippen molar-refractivity contribution >= 4 is 11.6 Å². The fourth-order valence-corrected chi connectivity index (χ4v) is 2.21. The third-order valence-corrected chi connectivity index (χ3v) is 3.35. The van der Waals surface area contributed by atoms with E-state index in [-0.39, 0.29) is 0 Å². The van der Waals surface area contributed by atoms with Gasteiger partial charge in [0.1, 0.15) is 0 Å². The second-order valence-electron chi connectivity index (χ2n) is 5.25. The van der Waals surface area contributed by atoms with E-state index in [0.717, 1.165) is 23.4 Å². The van der Waals surface area contributed by atoms with E-state index in [0.29, 0.717) is 24.1 Å². The van der Waals surface area contributed by atoms with Crippen LogP contribution in [0.5, 0.6) is 11.5 Å². The Labute approximate surface area is 139 Å². The van der Waals surface area contributed by atoms with E-state index < -0.39 is 0 Å². The van der Waals surface area contributed by atoms with E-state index in [1.807, 2.05) is 31.4 Å². The number of methoxy groups -OCH3 is 1. The highest BCUT2D eigenvalue weighted by atomic mass is 16.5. The van der Waals surface area contributed by atoms with Gasteiger partial charge in [0.15, 0.2) is 17.3 Å².